The molecule has 112 heavy (non-hydrogen) atoms. The monoisotopic (exact) mass is 1440 g/mol. The molecule has 18 rings (SSSR count). The lowest BCUT2D eigenvalue weighted by Crippen LogP contribution is -2.27. The average molecular weight is 1440 g/mol. The Hall–Kier alpha value is -13.9. The third kappa shape index (κ3) is 13.5. The predicted molar refractivity (Wildman–Crippen MR) is 475 cm³/mol. The molecule has 0 unspecified atom stereocenters. The van der Waals surface area contributed by atoms with Crippen molar-refractivity contribution in [3.63, 3.8) is 0 Å². The smallest absolute Gasteiger partial charge is 0.0727 e. The fourth-order valence-corrected chi connectivity index (χ4v) is 16.7. The van der Waals surface area contributed by atoms with Crippen LogP contribution in [0.15, 0.2) is 388 Å². The van der Waals surface area contributed by atoms with Crippen LogP contribution in [-0.2, 0) is 5.41 Å². The molecule has 2 aliphatic rings. The van der Waals surface area contributed by atoms with Crippen molar-refractivity contribution in [1.82, 2.24) is 0 Å². The highest BCUT2D eigenvalue weighted by Gasteiger charge is 2.52. The topological polar surface area (TPSA) is 9.72 Å². The molecule has 0 aliphatic heterocycles. The van der Waals surface area contributed by atoms with Gasteiger partial charge in [0.05, 0.1) is 5.41 Å². The summed E-state index contributed by atoms with van der Waals surface area (Å²) in [4.78, 5) is 7.32. The molecular weight excluding hydrogens is 1350 g/mol. The maximum atomic E-state index is 2.52. The van der Waals surface area contributed by atoms with E-state index >= 15 is 0 Å². The number of anilines is 9. The van der Waals surface area contributed by atoms with Gasteiger partial charge >= 0.3 is 0 Å². The zero-order valence-corrected chi connectivity index (χ0v) is 64.0. The van der Waals surface area contributed by atoms with Crippen LogP contribution in [0.1, 0.15) is 106 Å². The van der Waals surface area contributed by atoms with E-state index in [9.17, 15) is 0 Å². The molecule has 0 aromatic heterocycles. The highest BCUT2D eigenvalue weighted by atomic mass is 15.2. The highest BCUT2D eigenvalue weighted by Crippen LogP contribution is 2.65. The van der Waals surface area contributed by atoms with Crippen LogP contribution in [0.2, 0.25) is 0 Å². The van der Waals surface area contributed by atoms with Crippen molar-refractivity contribution in [3.8, 4) is 22.3 Å². The fourth-order valence-electron chi connectivity index (χ4n) is 16.7. The van der Waals surface area contributed by atoms with Crippen LogP contribution < -0.4 is 14.7 Å². The van der Waals surface area contributed by atoms with E-state index in [1.54, 1.807) is 0 Å². The van der Waals surface area contributed by atoms with Crippen LogP contribution in [-0.4, -0.2) is 0 Å². The molecule has 2 aliphatic carbocycles. The van der Waals surface area contributed by atoms with Crippen molar-refractivity contribution < 1.29 is 0 Å². The lowest BCUT2D eigenvalue weighted by Gasteiger charge is -2.34. The largest absolute Gasteiger partial charge is 0.310 e. The first kappa shape index (κ1) is 69.9. The zero-order valence-electron chi connectivity index (χ0n) is 64.0. The van der Waals surface area contributed by atoms with Gasteiger partial charge in [-0.25, -0.2) is 0 Å². The zero-order chi connectivity index (χ0) is 75.8. The van der Waals surface area contributed by atoms with E-state index in [2.05, 4.69) is 463 Å². The van der Waals surface area contributed by atoms with Gasteiger partial charge in [-0.15, -0.1) is 0 Å². The first-order valence-electron chi connectivity index (χ1n) is 38.9. The van der Waals surface area contributed by atoms with E-state index in [1.165, 1.54) is 128 Å². The van der Waals surface area contributed by atoms with Gasteiger partial charge in [-0.1, -0.05) is 312 Å². The Bertz CT molecular complexity index is 5530. The van der Waals surface area contributed by atoms with E-state index in [1.807, 2.05) is 0 Å². The Morgan fingerprint density at radius 1 is 0.188 bits per heavy atom. The molecule has 0 bridgehead atoms. The van der Waals surface area contributed by atoms with Crippen molar-refractivity contribution >= 4 is 86.1 Å². The van der Waals surface area contributed by atoms with Gasteiger partial charge in [-0.2, -0.15) is 0 Å². The second-order valence-electron chi connectivity index (χ2n) is 30.1. The SMILES string of the molecule is Cc1ccc(C(=Cc2ccc(N(c3ccccc3)c3ccc4c(c3)C3(c5ccccc5-4)c4cc(N(c5ccccc5)c5ccc(C=C(c6ccc(C)cc6)c6ccc(C)cc6)cc5)ccc4-c4ccc(N(c5ccccc5)c5ccc(C=C(c6ccc(C)cc6)c6ccc(C)cc6)cc5)cc43)cc2)c2ccc(C)cc2)cc1. The third-order valence-corrected chi connectivity index (χ3v) is 22.5. The molecule has 1 spiro atoms. The lowest BCUT2D eigenvalue weighted by atomic mass is 9.70. The minimum absolute atomic E-state index is 0.823. The van der Waals surface area contributed by atoms with Gasteiger partial charge in [0, 0.05) is 51.2 Å². The summed E-state index contributed by atoms with van der Waals surface area (Å²) in [6, 6.07) is 144. The summed E-state index contributed by atoms with van der Waals surface area (Å²) < 4.78 is 0. The van der Waals surface area contributed by atoms with Gasteiger partial charge in [0.25, 0.3) is 0 Å². The van der Waals surface area contributed by atoms with Gasteiger partial charge in [0.2, 0.25) is 0 Å². The Labute approximate surface area is 659 Å². The molecule has 0 fully saturated rings. The normalized spacial score (nSPS) is 11.9. The molecule has 3 nitrogen and oxygen atoms in total. The van der Waals surface area contributed by atoms with Crippen LogP contribution >= 0.6 is 0 Å². The average Bonchev–Trinajstić information content (AvgIpc) is 1.50. The summed E-state index contributed by atoms with van der Waals surface area (Å²) in [6.45, 7) is 12.9. The minimum Gasteiger partial charge on any atom is -0.310 e. The van der Waals surface area contributed by atoms with Gasteiger partial charge in [0.1, 0.15) is 0 Å². The highest BCUT2D eigenvalue weighted by molar-refractivity contribution is 6.00. The Balaban J connectivity index is 0.816. The summed E-state index contributed by atoms with van der Waals surface area (Å²) in [5.74, 6) is 0. The maximum absolute atomic E-state index is 2.52. The molecule has 536 valence electrons. The van der Waals surface area contributed by atoms with Crippen LogP contribution in [0.3, 0.4) is 0 Å². The van der Waals surface area contributed by atoms with Crippen molar-refractivity contribution in [2.45, 2.75) is 47.0 Å². The lowest BCUT2D eigenvalue weighted by molar-refractivity contribution is 0.793. The first-order chi connectivity index (χ1) is 54.9. The minimum atomic E-state index is -0.823. The standard InChI is InChI=1S/C109H85N3/c1-74-26-44-83(45-27-74)102(84-46-28-75(2)29-47-84)68-80-38-56-92(57-39-80)110(89-18-10-7-11-19-89)95-62-65-99-98-24-16-17-25-105(98)109(106(99)71-95)107-72-96(111(90-20-12-8-13-21-90)93-58-40-81(41-59-93)69-103(85-48-30-76(3)31-49-85)86-50-32-77(4)33-51-86)63-66-100(107)101-67-64-97(73-108(101)109)112(91-22-14-9-15-23-91)94-60-42-82(43-61-94)70-104(87-52-34-78(5)35-53-87)88-54-36-79(6)37-55-88/h7-73H,1-6H3. The molecule has 3 heteroatoms. The Kier molecular flexibility index (Phi) is 18.7. The number of fused-ring (bicyclic) bond motifs is 10. The van der Waals surface area contributed by atoms with E-state index < -0.39 is 5.41 Å². The number of nitrogens with zero attached hydrogens (tertiary/aromatic N) is 3. The van der Waals surface area contributed by atoms with Crippen LogP contribution in [0.25, 0.3) is 57.2 Å². The molecule has 0 atom stereocenters. The second-order valence-corrected chi connectivity index (χ2v) is 30.1. The number of rotatable bonds is 18. The maximum Gasteiger partial charge on any atom is 0.0727 e. The molecule has 0 saturated carbocycles. The van der Waals surface area contributed by atoms with Crippen molar-refractivity contribution in [3.05, 3.63) is 494 Å². The van der Waals surface area contributed by atoms with Crippen molar-refractivity contribution in [2.75, 3.05) is 14.7 Å². The van der Waals surface area contributed by atoms with Crippen LogP contribution in [0.5, 0.6) is 0 Å². The number of aryl methyl sites for hydroxylation is 6. The van der Waals surface area contributed by atoms with E-state index in [0.717, 1.165) is 67.9 Å². The third-order valence-electron chi connectivity index (χ3n) is 22.5. The molecule has 16 aromatic rings. The number of hydrogen-bond acceptors (Lipinski definition) is 3. The second kappa shape index (κ2) is 30.0. The molecular formula is C109H85N3. The first-order valence-corrected chi connectivity index (χ1v) is 38.9. The summed E-state index contributed by atoms with van der Waals surface area (Å²) in [5.41, 5.74) is 39.9. The number of hydrogen-bond donors (Lipinski definition) is 0. The van der Waals surface area contributed by atoms with Crippen LogP contribution in [0, 0.1) is 41.5 Å². The van der Waals surface area contributed by atoms with Crippen molar-refractivity contribution in [2.24, 2.45) is 0 Å². The summed E-state index contributed by atoms with van der Waals surface area (Å²) in [5, 5.41) is 0. The molecule has 0 amide bonds. The Morgan fingerprint density at radius 3 is 0.643 bits per heavy atom. The number of para-hydroxylation sites is 3. The summed E-state index contributed by atoms with van der Waals surface area (Å²) in [7, 11) is 0. The summed E-state index contributed by atoms with van der Waals surface area (Å²) in [6.07, 6.45) is 7.01. The Morgan fingerprint density at radius 2 is 0.393 bits per heavy atom. The van der Waals surface area contributed by atoms with Gasteiger partial charge in [0.15, 0.2) is 0 Å². The van der Waals surface area contributed by atoms with Gasteiger partial charge in [-0.3, -0.25) is 0 Å². The molecule has 0 N–H and O–H groups in total. The number of benzene rings is 16. The van der Waals surface area contributed by atoms with E-state index in [0.29, 0.717) is 0 Å². The molecule has 0 radical (unpaired) electrons. The van der Waals surface area contributed by atoms with E-state index in [-0.39, 0.29) is 0 Å². The molecule has 0 heterocycles. The van der Waals surface area contributed by atoms with Crippen LogP contribution in [0.4, 0.5) is 51.2 Å². The van der Waals surface area contributed by atoms with Gasteiger partial charge in [-0.05, 0) is 280 Å². The quantitative estimate of drug-likeness (QED) is 0.0793. The predicted octanol–water partition coefficient (Wildman–Crippen LogP) is 29.1. The fraction of sp³-hybridized carbons (Fsp3) is 0.0642. The molecule has 0 saturated heterocycles. The summed E-state index contributed by atoms with van der Waals surface area (Å²) >= 11 is 0. The van der Waals surface area contributed by atoms with Gasteiger partial charge < -0.3 is 14.7 Å². The molecule has 16 aromatic carbocycles. The van der Waals surface area contributed by atoms with E-state index in [4.69, 9.17) is 0 Å². The van der Waals surface area contributed by atoms with Crippen molar-refractivity contribution in [1.29, 1.82) is 0 Å².